The molecule has 1 aliphatic heterocycles. The van der Waals surface area contributed by atoms with Crippen LogP contribution in [0, 0.1) is 20.8 Å². The number of nitrogens with zero attached hydrogens (tertiary/aromatic N) is 1. The van der Waals surface area contributed by atoms with Crippen LogP contribution in [-0.4, -0.2) is 28.7 Å². The average molecular weight is 466 g/mol. The van der Waals surface area contributed by atoms with Crippen molar-refractivity contribution in [1.29, 1.82) is 0 Å². The third kappa shape index (κ3) is 4.67. The van der Waals surface area contributed by atoms with E-state index in [0.717, 1.165) is 48.8 Å². The van der Waals surface area contributed by atoms with Crippen LogP contribution in [0.1, 0.15) is 59.2 Å². The van der Waals surface area contributed by atoms with Gasteiger partial charge in [-0.2, -0.15) is 0 Å². The van der Waals surface area contributed by atoms with E-state index in [0.29, 0.717) is 16.9 Å². The molecule has 7 heteroatoms. The van der Waals surface area contributed by atoms with Gasteiger partial charge in [-0.1, -0.05) is 43.0 Å². The van der Waals surface area contributed by atoms with Gasteiger partial charge in [0.15, 0.2) is 0 Å². The van der Waals surface area contributed by atoms with Gasteiger partial charge in [-0.25, -0.2) is 0 Å². The molecule has 0 bridgehead atoms. The van der Waals surface area contributed by atoms with E-state index in [1.54, 1.807) is 18.2 Å². The van der Waals surface area contributed by atoms with Crippen molar-refractivity contribution < 1.29 is 14.4 Å². The van der Waals surface area contributed by atoms with Crippen molar-refractivity contribution in [1.82, 2.24) is 4.90 Å². The van der Waals surface area contributed by atoms with Crippen molar-refractivity contribution in [2.75, 3.05) is 10.6 Å². The number of aryl methyl sites for hydroxylation is 3. The standard InChI is InChI=1S/C26H28ClN3O3/c1-15-10-12-19(13-17(15)3)28-24(31)18-11-9-16(2)21(14-18)29-23-22(27)25(32)30(26(23)33)20-7-5-4-6-8-20/h9-14,20,29H,4-8H2,1-3H3,(H,28,31). The molecule has 6 nitrogen and oxygen atoms in total. The molecule has 1 heterocycles. The van der Waals surface area contributed by atoms with Crippen LogP contribution in [0.4, 0.5) is 11.4 Å². The molecular weight excluding hydrogens is 438 g/mol. The topological polar surface area (TPSA) is 78.5 Å². The zero-order chi connectivity index (χ0) is 23.7. The van der Waals surface area contributed by atoms with Gasteiger partial charge in [-0.15, -0.1) is 0 Å². The smallest absolute Gasteiger partial charge is 0.279 e. The first-order chi connectivity index (χ1) is 15.8. The number of anilines is 2. The Morgan fingerprint density at radius 3 is 2.30 bits per heavy atom. The van der Waals surface area contributed by atoms with Gasteiger partial charge in [0.1, 0.15) is 10.7 Å². The second kappa shape index (κ2) is 9.40. The normalized spacial score (nSPS) is 17.0. The minimum absolute atomic E-state index is 0.0713. The summed E-state index contributed by atoms with van der Waals surface area (Å²) < 4.78 is 0. The fourth-order valence-corrected chi connectivity index (χ4v) is 4.57. The molecule has 0 saturated heterocycles. The lowest BCUT2D eigenvalue weighted by molar-refractivity contribution is -0.140. The number of halogens is 1. The molecule has 3 amide bonds. The summed E-state index contributed by atoms with van der Waals surface area (Å²) in [6.07, 6.45) is 4.73. The molecule has 0 aromatic heterocycles. The van der Waals surface area contributed by atoms with E-state index in [1.807, 2.05) is 39.0 Å². The van der Waals surface area contributed by atoms with E-state index < -0.39 is 11.8 Å². The van der Waals surface area contributed by atoms with Crippen LogP contribution in [0.25, 0.3) is 0 Å². The predicted octanol–water partition coefficient (Wildman–Crippen LogP) is 5.43. The molecule has 0 unspecified atom stereocenters. The van der Waals surface area contributed by atoms with Crippen molar-refractivity contribution >= 4 is 40.7 Å². The van der Waals surface area contributed by atoms with Crippen LogP contribution in [0.15, 0.2) is 47.1 Å². The molecule has 1 saturated carbocycles. The third-order valence-electron chi connectivity index (χ3n) is 6.52. The zero-order valence-electron chi connectivity index (χ0n) is 19.1. The quantitative estimate of drug-likeness (QED) is 0.577. The number of carbonyl (C=O) groups is 3. The van der Waals surface area contributed by atoms with E-state index in [9.17, 15) is 14.4 Å². The third-order valence-corrected chi connectivity index (χ3v) is 6.87. The summed E-state index contributed by atoms with van der Waals surface area (Å²) in [5, 5.41) is 5.84. The minimum atomic E-state index is -0.447. The highest BCUT2D eigenvalue weighted by atomic mass is 35.5. The summed E-state index contributed by atoms with van der Waals surface area (Å²) >= 11 is 6.30. The largest absolute Gasteiger partial charge is 0.349 e. The van der Waals surface area contributed by atoms with Crippen LogP contribution >= 0.6 is 11.6 Å². The molecule has 4 rings (SSSR count). The molecule has 2 aromatic carbocycles. The van der Waals surface area contributed by atoms with E-state index in [4.69, 9.17) is 11.6 Å². The van der Waals surface area contributed by atoms with E-state index in [2.05, 4.69) is 10.6 Å². The van der Waals surface area contributed by atoms with E-state index in [1.165, 1.54) is 4.90 Å². The van der Waals surface area contributed by atoms with Crippen LogP contribution in [0.5, 0.6) is 0 Å². The Labute approximate surface area is 199 Å². The minimum Gasteiger partial charge on any atom is -0.349 e. The summed E-state index contributed by atoms with van der Waals surface area (Å²) in [5.74, 6) is -1.11. The first kappa shape index (κ1) is 23.1. The van der Waals surface area contributed by atoms with Crippen molar-refractivity contribution in [2.24, 2.45) is 0 Å². The van der Waals surface area contributed by atoms with Gasteiger partial charge < -0.3 is 10.6 Å². The fourth-order valence-electron chi connectivity index (χ4n) is 4.35. The molecule has 0 radical (unpaired) electrons. The van der Waals surface area contributed by atoms with Crippen LogP contribution in [0.2, 0.25) is 0 Å². The Morgan fingerprint density at radius 1 is 0.909 bits per heavy atom. The molecule has 1 aliphatic carbocycles. The van der Waals surface area contributed by atoms with Gasteiger partial charge >= 0.3 is 0 Å². The SMILES string of the molecule is Cc1ccc(NC(=O)c2ccc(C)c(NC3=C(Cl)C(=O)N(C4CCCCC4)C3=O)c2)cc1C. The first-order valence-corrected chi connectivity index (χ1v) is 11.7. The number of carbonyl (C=O) groups excluding carboxylic acids is 3. The highest BCUT2D eigenvalue weighted by Gasteiger charge is 2.42. The lowest BCUT2D eigenvalue weighted by Gasteiger charge is -2.29. The second-order valence-corrected chi connectivity index (χ2v) is 9.25. The Morgan fingerprint density at radius 2 is 1.61 bits per heavy atom. The number of hydrogen-bond acceptors (Lipinski definition) is 4. The Hall–Kier alpha value is -3.12. The van der Waals surface area contributed by atoms with Crippen molar-refractivity contribution in [3.63, 3.8) is 0 Å². The molecule has 1 fully saturated rings. The number of benzene rings is 2. The Balaban J connectivity index is 1.54. The van der Waals surface area contributed by atoms with Crippen molar-refractivity contribution in [3.05, 3.63) is 69.4 Å². The van der Waals surface area contributed by atoms with Crippen LogP contribution < -0.4 is 10.6 Å². The monoisotopic (exact) mass is 465 g/mol. The molecule has 2 aliphatic rings. The number of hydrogen-bond donors (Lipinski definition) is 2. The first-order valence-electron chi connectivity index (χ1n) is 11.3. The van der Waals surface area contributed by atoms with Gasteiger partial charge in [0.2, 0.25) is 0 Å². The fraction of sp³-hybridized carbons (Fsp3) is 0.346. The summed E-state index contributed by atoms with van der Waals surface area (Å²) in [6, 6.07) is 10.8. The van der Waals surface area contributed by atoms with E-state index >= 15 is 0 Å². The molecule has 0 spiro atoms. The van der Waals surface area contributed by atoms with Gasteiger partial charge in [0.25, 0.3) is 17.7 Å². The number of imide groups is 1. The maximum absolute atomic E-state index is 13.1. The second-order valence-electron chi connectivity index (χ2n) is 8.87. The lowest BCUT2D eigenvalue weighted by Crippen LogP contribution is -2.42. The van der Waals surface area contributed by atoms with Gasteiger partial charge in [-0.3, -0.25) is 19.3 Å². The van der Waals surface area contributed by atoms with Crippen molar-refractivity contribution in [2.45, 2.75) is 58.9 Å². The average Bonchev–Trinajstić information content (AvgIpc) is 3.01. The Bertz CT molecular complexity index is 1170. The molecular formula is C26H28ClN3O3. The van der Waals surface area contributed by atoms with Gasteiger partial charge in [0, 0.05) is 23.0 Å². The Kier molecular flexibility index (Phi) is 6.56. The van der Waals surface area contributed by atoms with Crippen LogP contribution in [-0.2, 0) is 9.59 Å². The van der Waals surface area contributed by atoms with Crippen LogP contribution in [0.3, 0.4) is 0 Å². The summed E-state index contributed by atoms with van der Waals surface area (Å²) in [5.41, 5.74) is 4.84. The number of nitrogens with one attached hydrogen (secondary N) is 2. The van der Waals surface area contributed by atoms with E-state index in [-0.39, 0.29) is 22.7 Å². The highest BCUT2D eigenvalue weighted by molar-refractivity contribution is 6.48. The maximum atomic E-state index is 13.1. The predicted molar refractivity (Wildman–Crippen MR) is 130 cm³/mol. The maximum Gasteiger partial charge on any atom is 0.279 e. The molecule has 2 N–H and O–H groups in total. The summed E-state index contributed by atoms with van der Waals surface area (Å²) in [4.78, 5) is 40.0. The summed E-state index contributed by atoms with van der Waals surface area (Å²) in [6.45, 7) is 5.87. The highest BCUT2D eigenvalue weighted by Crippen LogP contribution is 2.33. The van der Waals surface area contributed by atoms with Gasteiger partial charge in [0.05, 0.1) is 0 Å². The molecule has 33 heavy (non-hydrogen) atoms. The summed E-state index contributed by atoms with van der Waals surface area (Å²) in [7, 11) is 0. The molecule has 2 aromatic rings. The number of rotatable bonds is 5. The molecule has 0 atom stereocenters. The zero-order valence-corrected chi connectivity index (χ0v) is 19.9. The molecule has 172 valence electrons. The van der Waals surface area contributed by atoms with Gasteiger partial charge in [-0.05, 0) is 74.6 Å². The lowest BCUT2D eigenvalue weighted by atomic mass is 9.94. The van der Waals surface area contributed by atoms with Crippen molar-refractivity contribution in [3.8, 4) is 0 Å². The number of amides is 3.